The third-order valence-corrected chi connectivity index (χ3v) is 6.32. The zero-order chi connectivity index (χ0) is 21.4. The number of piperazine rings is 1. The van der Waals surface area contributed by atoms with Gasteiger partial charge in [-0.1, -0.05) is 17.7 Å². The molecule has 1 aliphatic heterocycles. The topological polar surface area (TPSA) is 62.2 Å². The first-order chi connectivity index (χ1) is 15.1. The third-order valence-electron chi connectivity index (χ3n) is 5.49. The van der Waals surface area contributed by atoms with Crippen molar-refractivity contribution in [3.63, 3.8) is 0 Å². The Hall–Kier alpha value is -3.39. The summed E-state index contributed by atoms with van der Waals surface area (Å²) in [6.07, 6.45) is 1.55. The van der Waals surface area contributed by atoms with Gasteiger partial charge in [-0.3, -0.25) is 4.79 Å². The van der Waals surface area contributed by atoms with E-state index in [0.717, 1.165) is 38.4 Å². The molecule has 2 aromatic heterocycles. The highest BCUT2D eigenvalue weighted by molar-refractivity contribution is 7.14. The van der Waals surface area contributed by atoms with E-state index in [0.29, 0.717) is 26.2 Å². The van der Waals surface area contributed by atoms with Gasteiger partial charge in [0, 0.05) is 37.3 Å². The summed E-state index contributed by atoms with van der Waals surface area (Å²) in [7, 11) is 0. The van der Waals surface area contributed by atoms with E-state index in [9.17, 15) is 9.18 Å². The van der Waals surface area contributed by atoms with Crippen LogP contribution < -0.4 is 4.90 Å². The average molecular weight is 434 g/mol. The lowest BCUT2D eigenvalue weighted by Gasteiger charge is -2.35. The van der Waals surface area contributed by atoms with E-state index in [4.69, 9.17) is 0 Å². The molecule has 0 unspecified atom stereocenters. The molecule has 1 saturated heterocycles. The third kappa shape index (κ3) is 3.74. The average Bonchev–Trinajstić information content (AvgIpc) is 3.23. The highest BCUT2D eigenvalue weighted by Gasteiger charge is 2.25. The number of aryl methyl sites for hydroxylation is 1. The van der Waals surface area contributed by atoms with Gasteiger partial charge >= 0.3 is 0 Å². The number of anilines is 1. The second-order valence-corrected chi connectivity index (χ2v) is 8.34. The van der Waals surface area contributed by atoms with Gasteiger partial charge in [0.25, 0.3) is 5.91 Å². The van der Waals surface area contributed by atoms with Gasteiger partial charge in [0.05, 0.1) is 0 Å². The van der Waals surface area contributed by atoms with Crippen LogP contribution in [0.4, 0.5) is 10.2 Å². The van der Waals surface area contributed by atoms with Crippen LogP contribution in [0.2, 0.25) is 0 Å². The van der Waals surface area contributed by atoms with Crippen LogP contribution in [0.25, 0.3) is 21.5 Å². The van der Waals surface area contributed by atoms with Crippen molar-refractivity contribution >= 4 is 33.5 Å². The molecule has 0 radical (unpaired) electrons. The molecular formula is C23H20FN5OS. The van der Waals surface area contributed by atoms with Crippen LogP contribution in [0.15, 0.2) is 54.9 Å². The van der Waals surface area contributed by atoms with Gasteiger partial charge in [-0.15, -0.1) is 0 Å². The predicted octanol–water partition coefficient (Wildman–Crippen LogP) is 4.16. The molecule has 5 rings (SSSR count). The minimum atomic E-state index is -0.281. The highest BCUT2D eigenvalue weighted by Crippen LogP contribution is 2.34. The van der Waals surface area contributed by atoms with Crippen molar-refractivity contribution in [2.24, 2.45) is 0 Å². The van der Waals surface area contributed by atoms with Crippen molar-refractivity contribution in [1.82, 2.24) is 19.2 Å². The van der Waals surface area contributed by atoms with Crippen LogP contribution >= 0.6 is 11.5 Å². The molecule has 4 aromatic rings. The van der Waals surface area contributed by atoms with Crippen LogP contribution in [0.3, 0.4) is 0 Å². The molecule has 0 saturated carbocycles. The van der Waals surface area contributed by atoms with Crippen molar-refractivity contribution in [1.29, 1.82) is 0 Å². The normalized spacial score (nSPS) is 14.3. The Morgan fingerprint density at radius 3 is 2.55 bits per heavy atom. The molecule has 0 N–H and O–H groups in total. The van der Waals surface area contributed by atoms with Crippen LogP contribution in [-0.2, 0) is 0 Å². The lowest BCUT2D eigenvalue weighted by Crippen LogP contribution is -2.49. The number of aromatic nitrogens is 3. The van der Waals surface area contributed by atoms with Crippen LogP contribution in [0.5, 0.6) is 0 Å². The zero-order valence-electron chi connectivity index (χ0n) is 17.0. The molecule has 0 spiro atoms. The van der Waals surface area contributed by atoms with E-state index in [-0.39, 0.29) is 11.7 Å². The fraction of sp³-hybridized carbons (Fsp3) is 0.217. The van der Waals surface area contributed by atoms with Gasteiger partial charge in [-0.05, 0) is 54.9 Å². The monoisotopic (exact) mass is 433 g/mol. The Labute approximate surface area is 183 Å². The van der Waals surface area contributed by atoms with Crippen LogP contribution in [0.1, 0.15) is 15.9 Å². The molecule has 0 bridgehead atoms. The molecule has 0 atom stereocenters. The molecule has 1 amide bonds. The molecule has 0 aliphatic carbocycles. The second kappa shape index (κ2) is 8.03. The fourth-order valence-electron chi connectivity index (χ4n) is 3.86. The van der Waals surface area contributed by atoms with Gasteiger partial charge in [-0.2, -0.15) is 4.37 Å². The summed E-state index contributed by atoms with van der Waals surface area (Å²) < 4.78 is 18.8. The Morgan fingerprint density at radius 2 is 1.81 bits per heavy atom. The number of amides is 1. The summed E-state index contributed by atoms with van der Waals surface area (Å²) in [4.78, 5) is 25.9. The van der Waals surface area contributed by atoms with Crippen molar-refractivity contribution in [2.75, 3.05) is 31.1 Å². The summed E-state index contributed by atoms with van der Waals surface area (Å²) in [5.74, 6) is 0.614. The maximum Gasteiger partial charge on any atom is 0.253 e. The molecule has 156 valence electrons. The van der Waals surface area contributed by atoms with Gasteiger partial charge in [0.2, 0.25) is 0 Å². The highest BCUT2D eigenvalue weighted by atomic mass is 32.1. The van der Waals surface area contributed by atoms with E-state index in [2.05, 4.69) is 19.2 Å². The number of hydrogen-bond acceptors (Lipinski definition) is 6. The Balaban J connectivity index is 1.36. The molecular weight excluding hydrogens is 413 g/mol. The van der Waals surface area contributed by atoms with Crippen molar-refractivity contribution in [3.8, 4) is 11.3 Å². The van der Waals surface area contributed by atoms with Crippen molar-refractivity contribution in [3.05, 3.63) is 71.8 Å². The second-order valence-electron chi connectivity index (χ2n) is 7.56. The Kier molecular flexibility index (Phi) is 5.07. The lowest BCUT2D eigenvalue weighted by molar-refractivity contribution is 0.0746. The maximum atomic E-state index is 13.3. The molecule has 8 heteroatoms. The predicted molar refractivity (Wildman–Crippen MR) is 120 cm³/mol. The molecule has 2 aromatic carbocycles. The van der Waals surface area contributed by atoms with Crippen LogP contribution in [-0.4, -0.2) is 51.3 Å². The van der Waals surface area contributed by atoms with E-state index < -0.39 is 0 Å². The number of rotatable bonds is 3. The minimum absolute atomic E-state index is 0.0626. The Bertz CT molecular complexity index is 1250. The molecule has 3 heterocycles. The van der Waals surface area contributed by atoms with Crippen molar-refractivity contribution in [2.45, 2.75) is 6.92 Å². The number of nitrogens with zero attached hydrogens (tertiary/aromatic N) is 5. The summed E-state index contributed by atoms with van der Waals surface area (Å²) in [6, 6.07) is 14.0. The summed E-state index contributed by atoms with van der Waals surface area (Å²) in [5, 5.41) is 0. The van der Waals surface area contributed by atoms with Gasteiger partial charge in [0.15, 0.2) is 5.82 Å². The summed E-state index contributed by atoms with van der Waals surface area (Å²) >= 11 is 1.35. The maximum absolute atomic E-state index is 13.3. The van der Waals surface area contributed by atoms with E-state index in [1.54, 1.807) is 18.5 Å². The fourth-order valence-corrected chi connectivity index (χ4v) is 4.73. The SMILES string of the molecule is Cc1cccc(C(=O)N2CCN(c3ncnc4c(-c5ccc(F)cc5)nsc34)CC2)c1. The lowest BCUT2D eigenvalue weighted by atomic mass is 10.1. The van der Waals surface area contributed by atoms with E-state index in [1.807, 2.05) is 36.1 Å². The quantitative estimate of drug-likeness (QED) is 0.485. The minimum Gasteiger partial charge on any atom is -0.352 e. The molecule has 1 aliphatic rings. The summed E-state index contributed by atoms with van der Waals surface area (Å²) in [5.41, 5.74) is 4.13. The Morgan fingerprint density at radius 1 is 1.03 bits per heavy atom. The largest absolute Gasteiger partial charge is 0.352 e. The standard InChI is InChI=1S/C23H20FN5OS/c1-15-3-2-4-17(13-15)23(30)29-11-9-28(10-12-29)22-21-20(25-14-26-22)19(27-31-21)16-5-7-18(24)8-6-16/h2-8,13-14H,9-12H2,1H3. The molecule has 31 heavy (non-hydrogen) atoms. The number of halogens is 1. The molecule has 1 fully saturated rings. The molecule has 6 nitrogen and oxygen atoms in total. The van der Waals surface area contributed by atoms with E-state index >= 15 is 0 Å². The number of fused-ring (bicyclic) bond motifs is 1. The number of carbonyl (C=O) groups excluding carboxylic acids is 1. The van der Waals surface area contributed by atoms with Gasteiger partial charge < -0.3 is 9.80 Å². The first-order valence-electron chi connectivity index (χ1n) is 10.1. The van der Waals surface area contributed by atoms with Crippen LogP contribution in [0, 0.1) is 12.7 Å². The summed E-state index contributed by atoms with van der Waals surface area (Å²) in [6.45, 7) is 4.62. The smallest absolute Gasteiger partial charge is 0.253 e. The van der Waals surface area contributed by atoms with Gasteiger partial charge in [0.1, 0.15) is 28.1 Å². The number of benzene rings is 2. The first-order valence-corrected chi connectivity index (χ1v) is 10.8. The van der Waals surface area contributed by atoms with Crippen molar-refractivity contribution < 1.29 is 9.18 Å². The number of carbonyl (C=O) groups is 1. The first kappa shape index (κ1) is 19.6. The van der Waals surface area contributed by atoms with Gasteiger partial charge in [-0.25, -0.2) is 14.4 Å². The number of hydrogen-bond donors (Lipinski definition) is 0. The zero-order valence-corrected chi connectivity index (χ0v) is 17.8. The van der Waals surface area contributed by atoms with E-state index in [1.165, 1.54) is 23.7 Å².